The third kappa shape index (κ3) is 4.93. The molecule has 0 aromatic heterocycles. The van der Waals surface area contributed by atoms with E-state index >= 15 is 0 Å². The molecular formula is C15H21ClF2N2O. The number of hydrogen-bond acceptors (Lipinski definition) is 2. The zero-order valence-electron chi connectivity index (χ0n) is 12.2. The van der Waals surface area contributed by atoms with E-state index in [0.717, 1.165) is 24.6 Å². The number of nitrogens with zero attached hydrogens (tertiary/aromatic N) is 1. The van der Waals surface area contributed by atoms with Gasteiger partial charge in [0, 0.05) is 7.05 Å². The molecule has 0 aliphatic heterocycles. The van der Waals surface area contributed by atoms with Gasteiger partial charge in [-0.25, -0.2) is 8.78 Å². The van der Waals surface area contributed by atoms with Crippen molar-refractivity contribution in [3.05, 3.63) is 35.4 Å². The SMILES string of the molecule is CC(c1ccc(F)c(F)c1)N(C)C(=O)CNCC1CC1.Cl. The second kappa shape index (κ2) is 7.71. The highest BCUT2D eigenvalue weighted by Crippen LogP contribution is 2.27. The topological polar surface area (TPSA) is 32.3 Å². The third-order valence-electron chi connectivity index (χ3n) is 3.81. The lowest BCUT2D eigenvalue weighted by Crippen LogP contribution is -2.37. The van der Waals surface area contributed by atoms with E-state index in [9.17, 15) is 13.6 Å². The molecule has 0 bridgehead atoms. The van der Waals surface area contributed by atoms with Crippen molar-refractivity contribution in [2.24, 2.45) is 5.92 Å². The van der Waals surface area contributed by atoms with Crippen molar-refractivity contribution < 1.29 is 13.6 Å². The molecule has 0 radical (unpaired) electrons. The largest absolute Gasteiger partial charge is 0.338 e. The van der Waals surface area contributed by atoms with E-state index < -0.39 is 11.6 Å². The summed E-state index contributed by atoms with van der Waals surface area (Å²) in [6, 6.07) is 3.44. The van der Waals surface area contributed by atoms with E-state index in [4.69, 9.17) is 0 Å². The Labute approximate surface area is 130 Å². The molecule has 0 spiro atoms. The van der Waals surface area contributed by atoms with Gasteiger partial charge in [0.15, 0.2) is 11.6 Å². The molecule has 1 amide bonds. The Kier molecular flexibility index (Phi) is 6.55. The van der Waals surface area contributed by atoms with Gasteiger partial charge >= 0.3 is 0 Å². The van der Waals surface area contributed by atoms with Gasteiger partial charge in [-0.15, -0.1) is 12.4 Å². The van der Waals surface area contributed by atoms with Gasteiger partial charge in [-0.2, -0.15) is 0 Å². The average Bonchev–Trinajstić information content (AvgIpc) is 3.24. The molecule has 1 aliphatic carbocycles. The number of rotatable bonds is 6. The first kappa shape index (κ1) is 17.9. The maximum atomic E-state index is 13.2. The van der Waals surface area contributed by atoms with E-state index in [1.54, 1.807) is 18.9 Å². The Morgan fingerprint density at radius 2 is 2.05 bits per heavy atom. The van der Waals surface area contributed by atoms with Crippen molar-refractivity contribution in [3.63, 3.8) is 0 Å². The molecule has 1 unspecified atom stereocenters. The first-order valence-electron chi connectivity index (χ1n) is 6.90. The molecular weight excluding hydrogens is 298 g/mol. The van der Waals surface area contributed by atoms with E-state index in [-0.39, 0.29) is 30.9 Å². The Morgan fingerprint density at radius 3 is 2.62 bits per heavy atom. The summed E-state index contributed by atoms with van der Waals surface area (Å²) in [4.78, 5) is 13.6. The summed E-state index contributed by atoms with van der Waals surface area (Å²) in [5.74, 6) is -1.09. The molecule has 1 fully saturated rings. The van der Waals surface area contributed by atoms with Crippen LogP contribution in [0.2, 0.25) is 0 Å². The highest BCUT2D eigenvalue weighted by atomic mass is 35.5. The van der Waals surface area contributed by atoms with Crippen LogP contribution in [-0.4, -0.2) is 30.9 Å². The molecule has 1 atom stereocenters. The predicted octanol–water partition coefficient (Wildman–Crippen LogP) is 2.91. The minimum atomic E-state index is -0.887. The Bertz CT molecular complexity index is 495. The molecule has 1 saturated carbocycles. The number of amides is 1. The van der Waals surface area contributed by atoms with Crippen molar-refractivity contribution in [3.8, 4) is 0 Å². The van der Waals surface area contributed by atoms with Crippen LogP contribution in [0.5, 0.6) is 0 Å². The lowest BCUT2D eigenvalue weighted by molar-refractivity contribution is -0.130. The quantitative estimate of drug-likeness (QED) is 0.874. The van der Waals surface area contributed by atoms with Crippen LogP contribution in [0.1, 0.15) is 31.4 Å². The summed E-state index contributed by atoms with van der Waals surface area (Å²) in [6.45, 7) is 2.95. The molecule has 2 rings (SSSR count). The molecule has 1 N–H and O–H groups in total. The van der Waals surface area contributed by atoms with E-state index in [0.29, 0.717) is 5.56 Å². The third-order valence-corrected chi connectivity index (χ3v) is 3.81. The van der Waals surface area contributed by atoms with Gasteiger partial charge in [0.1, 0.15) is 0 Å². The van der Waals surface area contributed by atoms with Crippen LogP contribution in [0.3, 0.4) is 0 Å². The summed E-state index contributed by atoms with van der Waals surface area (Å²) in [5, 5.41) is 3.13. The summed E-state index contributed by atoms with van der Waals surface area (Å²) < 4.78 is 26.1. The predicted molar refractivity (Wildman–Crippen MR) is 80.4 cm³/mol. The number of carbonyl (C=O) groups excluding carboxylic acids is 1. The van der Waals surface area contributed by atoms with E-state index in [1.165, 1.54) is 18.9 Å². The number of likely N-dealkylation sites (N-methyl/N-ethyl adjacent to an activating group) is 1. The zero-order chi connectivity index (χ0) is 14.7. The Morgan fingerprint density at radius 1 is 1.38 bits per heavy atom. The van der Waals surface area contributed by atoms with Crippen LogP contribution >= 0.6 is 12.4 Å². The van der Waals surface area contributed by atoms with Crippen LogP contribution in [0.25, 0.3) is 0 Å². The Hall–Kier alpha value is -1.20. The van der Waals surface area contributed by atoms with Gasteiger partial charge in [0.25, 0.3) is 0 Å². The monoisotopic (exact) mass is 318 g/mol. The summed E-state index contributed by atoms with van der Waals surface area (Å²) in [6.07, 6.45) is 2.48. The van der Waals surface area contributed by atoms with E-state index in [1.807, 2.05) is 0 Å². The van der Waals surface area contributed by atoms with E-state index in [2.05, 4.69) is 5.32 Å². The molecule has 21 heavy (non-hydrogen) atoms. The number of nitrogens with one attached hydrogen (secondary N) is 1. The summed E-state index contributed by atoms with van der Waals surface area (Å²) in [7, 11) is 1.67. The summed E-state index contributed by atoms with van der Waals surface area (Å²) >= 11 is 0. The Balaban J connectivity index is 0.00000220. The van der Waals surface area contributed by atoms with Crippen molar-refractivity contribution in [1.82, 2.24) is 10.2 Å². The first-order valence-corrected chi connectivity index (χ1v) is 6.90. The van der Waals surface area contributed by atoms with Gasteiger partial charge in [-0.1, -0.05) is 6.07 Å². The standard InChI is InChI=1S/C15H20F2N2O.ClH/c1-10(12-5-6-13(16)14(17)7-12)19(2)15(20)9-18-8-11-3-4-11;/h5-7,10-11,18H,3-4,8-9H2,1-2H3;1H. The lowest BCUT2D eigenvalue weighted by atomic mass is 10.1. The van der Waals surface area contributed by atoms with Crippen molar-refractivity contribution in [2.45, 2.75) is 25.8 Å². The fraction of sp³-hybridized carbons (Fsp3) is 0.533. The molecule has 0 heterocycles. The number of halogens is 3. The minimum absolute atomic E-state index is 0. The van der Waals surface area contributed by atoms with Gasteiger partial charge in [-0.05, 0) is 49.9 Å². The average molecular weight is 319 g/mol. The van der Waals surface area contributed by atoms with Crippen molar-refractivity contribution >= 4 is 18.3 Å². The molecule has 1 aromatic carbocycles. The van der Waals surface area contributed by atoms with Crippen LogP contribution in [0.15, 0.2) is 18.2 Å². The fourth-order valence-electron chi connectivity index (χ4n) is 2.04. The van der Waals surface area contributed by atoms with Gasteiger partial charge < -0.3 is 10.2 Å². The summed E-state index contributed by atoms with van der Waals surface area (Å²) in [5.41, 5.74) is 0.585. The maximum absolute atomic E-state index is 13.2. The minimum Gasteiger partial charge on any atom is -0.338 e. The molecule has 1 aliphatic rings. The van der Waals surface area contributed by atoms with Crippen LogP contribution < -0.4 is 5.32 Å². The highest BCUT2D eigenvalue weighted by molar-refractivity contribution is 5.85. The van der Waals surface area contributed by atoms with Crippen LogP contribution in [-0.2, 0) is 4.79 Å². The second-order valence-corrected chi connectivity index (χ2v) is 5.43. The number of benzene rings is 1. The maximum Gasteiger partial charge on any atom is 0.236 e. The normalized spacial score (nSPS) is 15.2. The fourth-order valence-corrected chi connectivity index (χ4v) is 2.04. The smallest absolute Gasteiger partial charge is 0.236 e. The number of carbonyl (C=O) groups is 1. The number of hydrogen-bond donors (Lipinski definition) is 1. The molecule has 6 heteroatoms. The lowest BCUT2D eigenvalue weighted by Gasteiger charge is -2.25. The zero-order valence-corrected chi connectivity index (χ0v) is 13.1. The molecule has 0 saturated heterocycles. The molecule has 118 valence electrons. The van der Waals surface area contributed by atoms with Crippen LogP contribution in [0.4, 0.5) is 8.78 Å². The second-order valence-electron chi connectivity index (χ2n) is 5.43. The van der Waals surface area contributed by atoms with Gasteiger partial charge in [0.2, 0.25) is 5.91 Å². The first-order chi connectivity index (χ1) is 9.49. The molecule has 3 nitrogen and oxygen atoms in total. The van der Waals surface area contributed by atoms with Crippen molar-refractivity contribution in [1.29, 1.82) is 0 Å². The van der Waals surface area contributed by atoms with Crippen molar-refractivity contribution in [2.75, 3.05) is 20.1 Å². The highest BCUT2D eigenvalue weighted by Gasteiger charge is 2.22. The van der Waals surface area contributed by atoms with Gasteiger partial charge in [-0.3, -0.25) is 4.79 Å². The van der Waals surface area contributed by atoms with Gasteiger partial charge in [0.05, 0.1) is 12.6 Å². The van der Waals surface area contributed by atoms with Crippen LogP contribution in [0, 0.1) is 17.6 Å². The molecule has 1 aromatic rings.